The molecule has 4 N–H and O–H groups in total. The van der Waals surface area contributed by atoms with E-state index in [1.54, 1.807) is 18.3 Å². The molecule has 3 amide bonds. The van der Waals surface area contributed by atoms with Gasteiger partial charge in [-0.2, -0.15) is 0 Å². The van der Waals surface area contributed by atoms with Crippen LogP contribution in [0.3, 0.4) is 0 Å². The van der Waals surface area contributed by atoms with Crippen molar-refractivity contribution in [1.82, 2.24) is 10.6 Å². The first-order chi connectivity index (χ1) is 8.33. The zero-order valence-electron chi connectivity index (χ0n) is 10.8. The van der Waals surface area contributed by atoms with Crippen LogP contribution in [0.15, 0.2) is 17.5 Å². The van der Waals surface area contributed by atoms with Crippen molar-refractivity contribution in [2.45, 2.75) is 32.2 Å². The van der Waals surface area contributed by atoms with Crippen LogP contribution in [0.25, 0.3) is 0 Å². The molecule has 0 saturated carbocycles. The van der Waals surface area contributed by atoms with E-state index in [9.17, 15) is 9.59 Å². The van der Waals surface area contributed by atoms with Gasteiger partial charge in [0.05, 0.1) is 6.04 Å². The fraction of sp³-hybridized carbons (Fsp3) is 0.500. The van der Waals surface area contributed by atoms with E-state index in [1.807, 2.05) is 11.4 Å². The van der Waals surface area contributed by atoms with Crippen molar-refractivity contribution < 1.29 is 9.59 Å². The average molecular weight is 269 g/mol. The molecule has 1 unspecified atom stereocenters. The molecule has 0 bridgehead atoms. The zero-order chi connectivity index (χ0) is 13.8. The van der Waals surface area contributed by atoms with Gasteiger partial charge in [-0.05, 0) is 18.4 Å². The van der Waals surface area contributed by atoms with Gasteiger partial charge in [0.1, 0.15) is 0 Å². The average Bonchev–Trinajstić information content (AvgIpc) is 2.78. The van der Waals surface area contributed by atoms with Gasteiger partial charge in [-0.25, -0.2) is 4.79 Å². The number of urea groups is 1. The molecular weight excluding hydrogens is 250 g/mol. The quantitative estimate of drug-likeness (QED) is 0.751. The first-order valence-corrected chi connectivity index (χ1v) is 6.58. The van der Waals surface area contributed by atoms with E-state index in [4.69, 9.17) is 5.73 Å². The highest BCUT2D eigenvalue weighted by molar-refractivity contribution is 7.10. The molecule has 1 rings (SSSR count). The van der Waals surface area contributed by atoms with Gasteiger partial charge in [-0.15, -0.1) is 11.3 Å². The molecule has 1 heterocycles. The van der Waals surface area contributed by atoms with Crippen LogP contribution < -0.4 is 16.4 Å². The maximum Gasteiger partial charge on any atom is 0.318 e. The summed E-state index contributed by atoms with van der Waals surface area (Å²) in [5.41, 5.74) is 4.83. The van der Waals surface area contributed by atoms with E-state index in [-0.39, 0.29) is 5.41 Å². The second-order valence-corrected chi connectivity index (χ2v) is 5.76. The van der Waals surface area contributed by atoms with Gasteiger partial charge in [0.2, 0.25) is 5.91 Å². The molecule has 18 heavy (non-hydrogen) atoms. The molecule has 0 aliphatic heterocycles. The number of imide groups is 1. The van der Waals surface area contributed by atoms with Gasteiger partial charge < -0.3 is 11.1 Å². The summed E-state index contributed by atoms with van der Waals surface area (Å²) in [6.07, 6.45) is 0. The van der Waals surface area contributed by atoms with Crippen LogP contribution in [0.2, 0.25) is 0 Å². The normalized spacial score (nSPS) is 13.1. The third kappa shape index (κ3) is 4.12. The lowest BCUT2D eigenvalue weighted by atomic mass is 9.91. The van der Waals surface area contributed by atoms with Gasteiger partial charge in [0.25, 0.3) is 0 Å². The SMILES string of the molecule is CC(NCC(C)(C)c1cccs1)C(=O)NC(N)=O. The maximum absolute atomic E-state index is 11.5. The molecule has 0 saturated heterocycles. The van der Waals surface area contributed by atoms with E-state index >= 15 is 0 Å². The van der Waals surface area contributed by atoms with Crippen molar-refractivity contribution in [3.63, 3.8) is 0 Å². The summed E-state index contributed by atoms with van der Waals surface area (Å²) in [5, 5.41) is 7.18. The van der Waals surface area contributed by atoms with Crippen LogP contribution >= 0.6 is 11.3 Å². The van der Waals surface area contributed by atoms with Crippen molar-refractivity contribution in [3.05, 3.63) is 22.4 Å². The molecule has 0 fully saturated rings. The van der Waals surface area contributed by atoms with E-state index in [0.717, 1.165) is 0 Å². The Balaban J connectivity index is 2.50. The number of carbonyl (C=O) groups is 2. The predicted octanol–water partition coefficient (Wildman–Crippen LogP) is 1.20. The molecule has 0 aromatic carbocycles. The summed E-state index contributed by atoms with van der Waals surface area (Å²) < 4.78 is 0. The minimum atomic E-state index is -0.828. The van der Waals surface area contributed by atoms with Crippen LogP contribution in [-0.4, -0.2) is 24.5 Å². The van der Waals surface area contributed by atoms with Crippen molar-refractivity contribution in [3.8, 4) is 0 Å². The van der Waals surface area contributed by atoms with E-state index in [1.165, 1.54) is 4.88 Å². The smallest absolute Gasteiger partial charge is 0.318 e. The molecule has 0 radical (unpaired) electrons. The third-order valence-electron chi connectivity index (χ3n) is 2.68. The number of carbonyl (C=O) groups excluding carboxylic acids is 2. The van der Waals surface area contributed by atoms with Crippen LogP contribution in [0.1, 0.15) is 25.6 Å². The number of rotatable bonds is 5. The molecule has 0 aliphatic carbocycles. The first kappa shape index (κ1) is 14.7. The highest BCUT2D eigenvalue weighted by atomic mass is 32.1. The molecule has 1 atom stereocenters. The van der Waals surface area contributed by atoms with Crippen molar-refractivity contribution >= 4 is 23.3 Å². The third-order valence-corrected chi connectivity index (χ3v) is 3.91. The standard InChI is InChI=1S/C12H19N3O2S/c1-8(10(16)15-11(13)17)14-7-12(2,3)9-5-4-6-18-9/h4-6,8,14H,7H2,1-3H3,(H3,13,15,16,17). The number of hydrogen-bond donors (Lipinski definition) is 3. The Bertz CT molecular complexity index is 415. The number of nitrogens with one attached hydrogen (secondary N) is 2. The summed E-state index contributed by atoms with van der Waals surface area (Å²) in [6, 6.07) is 2.79. The largest absolute Gasteiger partial charge is 0.351 e. The fourth-order valence-electron chi connectivity index (χ4n) is 1.48. The molecule has 1 aromatic rings. The number of hydrogen-bond acceptors (Lipinski definition) is 4. The summed E-state index contributed by atoms with van der Waals surface area (Å²) in [6.45, 7) is 6.54. The second kappa shape index (κ2) is 5.97. The fourth-order valence-corrected chi connectivity index (χ4v) is 2.33. The predicted molar refractivity (Wildman–Crippen MR) is 72.5 cm³/mol. The Morgan fingerprint density at radius 3 is 2.67 bits per heavy atom. The van der Waals surface area contributed by atoms with Crippen molar-refractivity contribution in [1.29, 1.82) is 0 Å². The minimum Gasteiger partial charge on any atom is -0.351 e. The molecule has 100 valence electrons. The summed E-state index contributed by atoms with van der Waals surface area (Å²) in [7, 11) is 0. The maximum atomic E-state index is 11.5. The number of amides is 3. The molecule has 0 aliphatic rings. The Hall–Kier alpha value is -1.40. The van der Waals surface area contributed by atoms with Crippen LogP contribution in [0, 0.1) is 0 Å². The van der Waals surface area contributed by atoms with Gasteiger partial charge in [0, 0.05) is 16.8 Å². The van der Waals surface area contributed by atoms with Crippen molar-refractivity contribution in [2.75, 3.05) is 6.54 Å². The Kier molecular flexibility index (Phi) is 4.86. The molecule has 0 spiro atoms. The summed E-state index contributed by atoms with van der Waals surface area (Å²) >= 11 is 1.69. The highest BCUT2D eigenvalue weighted by Crippen LogP contribution is 2.26. The number of primary amides is 1. The lowest BCUT2D eigenvalue weighted by Gasteiger charge is -2.25. The van der Waals surface area contributed by atoms with Gasteiger partial charge in [-0.3, -0.25) is 10.1 Å². The van der Waals surface area contributed by atoms with Crippen molar-refractivity contribution in [2.24, 2.45) is 5.73 Å². The van der Waals surface area contributed by atoms with Crippen LogP contribution in [0.4, 0.5) is 4.79 Å². The number of nitrogens with two attached hydrogens (primary N) is 1. The lowest BCUT2D eigenvalue weighted by molar-refractivity contribution is -0.121. The van der Waals surface area contributed by atoms with E-state index in [2.05, 4.69) is 30.5 Å². The Morgan fingerprint density at radius 1 is 1.50 bits per heavy atom. The first-order valence-electron chi connectivity index (χ1n) is 5.70. The monoisotopic (exact) mass is 269 g/mol. The summed E-state index contributed by atoms with van der Waals surface area (Å²) in [5.74, 6) is -0.413. The zero-order valence-corrected chi connectivity index (χ0v) is 11.6. The van der Waals surface area contributed by atoms with E-state index < -0.39 is 18.0 Å². The highest BCUT2D eigenvalue weighted by Gasteiger charge is 2.23. The topological polar surface area (TPSA) is 84.2 Å². The molecule has 6 heteroatoms. The van der Waals surface area contributed by atoms with Crippen LogP contribution in [0.5, 0.6) is 0 Å². The minimum absolute atomic E-state index is 0.0601. The molecule has 5 nitrogen and oxygen atoms in total. The Morgan fingerprint density at radius 2 is 2.17 bits per heavy atom. The summed E-state index contributed by atoms with van der Waals surface area (Å²) in [4.78, 5) is 23.3. The van der Waals surface area contributed by atoms with E-state index in [0.29, 0.717) is 6.54 Å². The Labute approximate surface area is 111 Å². The van der Waals surface area contributed by atoms with Gasteiger partial charge in [0.15, 0.2) is 0 Å². The number of thiophene rings is 1. The second-order valence-electron chi connectivity index (χ2n) is 4.82. The molecule has 1 aromatic heterocycles. The lowest BCUT2D eigenvalue weighted by Crippen LogP contribution is -2.49. The van der Waals surface area contributed by atoms with Gasteiger partial charge >= 0.3 is 6.03 Å². The van der Waals surface area contributed by atoms with Gasteiger partial charge in [-0.1, -0.05) is 19.9 Å². The van der Waals surface area contributed by atoms with Crippen LogP contribution in [-0.2, 0) is 10.2 Å². The molecular formula is C12H19N3O2S.